The molecule has 27 heavy (non-hydrogen) atoms. The first kappa shape index (κ1) is 23.1. The monoisotopic (exact) mass is 414 g/mol. The Kier molecular flexibility index (Phi) is 8.88. The van der Waals surface area contributed by atoms with E-state index in [1.807, 2.05) is 18.2 Å². The number of nitrogens with one attached hydrogen (secondary N) is 1. The molecule has 0 aliphatic rings. The third kappa shape index (κ3) is 7.28. The molecule has 0 saturated heterocycles. The van der Waals surface area contributed by atoms with Gasteiger partial charge in [0.05, 0.1) is 19.1 Å². The number of rotatable bonds is 9. The molecule has 0 bridgehead atoms. The lowest BCUT2D eigenvalue weighted by molar-refractivity contribution is 0.405. The van der Waals surface area contributed by atoms with E-state index in [0.29, 0.717) is 29.4 Å². The maximum absolute atomic E-state index is 11.7. The van der Waals surface area contributed by atoms with E-state index in [4.69, 9.17) is 15.2 Å². The molecular weight excluding hydrogens is 388 g/mol. The average molecular weight is 415 g/mol. The highest BCUT2D eigenvalue weighted by Crippen LogP contribution is 2.37. The van der Waals surface area contributed by atoms with E-state index >= 15 is 0 Å². The molecule has 0 spiro atoms. The van der Waals surface area contributed by atoms with Crippen LogP contribution < -0.4 is 19.9 Å². The topological polar surface area (TPSA) is 90.6 Å². The van der Waals surface area contributed by atoms with E-state index in [1.165, 1.54) is 0 Å². The zero-order valence-electron chi connectivity index (χ0n) is 15.8. The fourth-order valence-corrected chi connectivity index (χ4v) is 3.25. The SMILES string of the molecule is CCCC(N)Cc1cc(Oc2ccccc2)c(NS(C)(=O)=O)cc1OC.Cl. The summed E-state index contributed by atoms with van der Waals surface area (Å²) < 4.78 is 37.3. The van der Waals surface area contributed by atoms with Crippen LogP contribution in [0, 0.1) is 0 Å². The predicted molar refractivity (Wildman–Crippen MR) is 112 cm³/mol. The molecule has 2 aromatic carbocycles. The van der Waals surface area contributed by atoms with Gasteiger partial charge in [0.25, 0.3) is 0 Å². The molecule has 3 N–H and O–H groups in total. The molecule has 0 radical (unpaired) electrons. The van der Waals surface area contributed by atoms with Crippen LogP contribution in [0.4, 0.5) is 5.69 Å². The Bertz CT molecular complexity index is 829. The van der Waals surface area contributed by atoms with Gasteiger partial charge < -0.3 is 15.2 Å². The maximum Gasteiger partial charge on any atom is 0.229 e. The quantitative estimate of drug-likeness (QED) is 0.648. The molecule has 0 heterocycles. The number of hydrogen-bond acceptors (Lipinski definition) is 5. The van der Waals surface area contributed by atoms with Gasteiger partial charge in [-0.15, -0.1) is 12.4 Å². The fourth-order valence-electron chi connectivity index (χ4n) is 2.69. The van der Waals surface area contributed by atoms with Crippen molar-refractivity contribution < 1.29 is 17.9 Å². The molecule has 2 aromatic rings. The molecule has 8 heteroatoms. The Labute approximate surface area is 167 Å². The minimum absolute atomic E-state index is 0. The highest BCUT2D eigenvalue weighted by molar-refractivity contribution is 7.92. The molecule has 150 valence electrons. The molecule has 0 amide bonds. The second-order valence-electron chi connectivity index (χ2n) is 6.20. The molecule has 0 fully saturated rings. The lowest BCUT2D eigenvalue weighted by Crippen LogP contribution is -2.22. The second-order valence-corrected chi connectivity index (χ2v) is 7.95. The van der Waals surface area contributed by atoms with E-state index in [9.17, 15) is 8.42 Å². The number of sulfonamides is 1. The molecule has 0 aliphatic heterocycles. The summed E-state index contributed by atoms with van der Waals surface area (Å²) in [6.07, 6.45) is 3.59. The van der Waals surface area contributed by atoms with E-state index < -0.39 is 10.0 Å². The van der Waals surface area contributed by atoms with Gasteiger partial charge in [0.15, 0.2) is 5.75 Å². The summed E-state index contributed by atoms with van der Waals surface area (Å²) in [6.45, 7) is 2.08. The zero-order chi connectivity index (χ0) is 19.2. The van der Waals surface area contributed by atoms with Crippen LogP contribution in [-0.2, 0) is 16.4 Å². The number of para-hydroxylation sites is 1. The van der Waals surface area contributed by atoms with Crippen LogP contribution in [0.15, 0.2) is 42.5 Å². The molecule has 2 rings (SSSR count). The minimum atomic E-state index is -3.47. The van der Waals surface area contributed by atoms with Crippen molar-refractivity contribution in [3.05, 3.63) is 48.0 Å². The van der Waals surface area contributed by atoms with Crippen molar-refractivity contribution >= 4 is 28.1 Å². The van der Waals surface area contributed by atoms with E-state index in [2.05, 4.69) is 11.6 Å². The van der Waals surface area contributed by atoms with E-state index in [1.54, 1.807) is 31.4 Å². The number of ether oxygens (including phenoxy) is 2. The molecule has 6 nitrogen and oxygen atoms in total. The standard InChI is InChI=1S/C19H26N2O4S.ClH/c1-4-8-15(20)11-14-12-19(25-16-9-6-5-7-10-16)17(13-18(14)24-2)21-26(3,22)23;/h5-7,9-10,12-13,15,21H,4,8,11,20H2,1-3H3;1H. The third-order valence-electron chi connectivity index (χ3n) is 3.79. The first-order valence-corrected chi connectivity index (χ1v) is 10.4. The van der Waals surface area contributed by atoms with Crippen LogP contribution in [0.5, 0.6) is 17.2 Å². The van der Waals surface area contributed by atoms with Crippen molar-refractivity contribution in [1.29, 1.82) is 0 Å². The van der Waals surface area contributed by atoms with Gasteiger partial charge in [-0.25, -0.2) is 8.42 Å². The first-order chi connectivity index (χ1) is 12.3. The maximum atomic E-state index is 11.7. The highest BCUT2D eigenvalue weighted by atomic mass is 35.5. The highest BCUT2D eigenvalue weighted by Gasteiger charge is 2.17. The summed E-state index contributed by atoms with van der Waals surface area (Å²) >= 11 is 0. The van der Waals surface area contributed by atoms with Gasteiger partial charge in [0.2, 0.25) is 10.0 Å². The molecule has 0 aliphatic carbocycles. The van der Waals surface area contributed by atoms with Crippen LogP contribution in [0.3, 0.4) is 0 Å². The van der Waals surface area contributed by atoms with Gasteiger partial charge in [0.1, 0.15) is 11.5 Å². The Morgan fingerprint density at radius 1 is 1.15 bits per heavy atom. The molecular formula is C19H27ClN2O4S. The molecule has 0 aromatic heterocycles. The number of methoxy groups -OCH3 is 1. The molecule has 0 saturated carbocycles. The second kappa shape index (κ2) is 10.4. The van der Waals surface area contributed by atoms with Crippen molar-refractivity contribution in [2.45, 2.75) is 32.2 Å². The Hall–Kier alpha value is -1.96. The van der Waals surface area contributed by atoms with Crippen LogP contribution in [0.1, 0.15) is 25.3 Å². The zero-order valence-corrected chi connectivity index (χ0v) is 17.4. The van der Waals surface area contributed by atoms with Crippen molar-refractivity contribution in [2.24, 2.45) is 5.73 Å². The normalized spacial score (nSPS) is 12.0. The number of benzene rings is 2. The lowest BCUT2D eigenvalue weighted by Gasteiger charge is -2.18. The summed E-state index contributed by atoms with van der Waals surface area (Å²) in [5, 5.41) is 0. The van der Waals surface area contributed by atoms with Crippen molar-refractivity contribution in [1.82, 2.24) is 0 Å². The van der Waals surface area contributed by atoms with Crippen molar-refractivity contribution in [2.75, 3.05) is 18.1 Å². The summed E-state index contributed by atoms with van der Waals surface area (Å²) in [6, 6.07) is 12.6. The van der Waals surface area contributed by atoms with Gasteiger partial charge in [-0.05, 0) is 36.6 Å². The number of nitrogens with two attached hydrogens (primary N) is 1. The van der Waals surface area contributed by atoms with E-state index in [0.717, 1.165) is 24.7 Å². The van der Waals surface area contributed by atoms with E-state index in [-0.39, 0.29) is 18.4 Å². The van der Waals surface area contributed by atoms with Crippen molar-refractivity contribution in [3.63, 3.8) is 0 Å². The average Bonchev–Trinajstić information content (AvgIpc) is 2.57. The Morgan fingerprint density at radius 3 is 2.37 bits per heavy atom. The van der Waals surface area contributed by atoms with Crippen LogP contribution >= 0.6 is 12.4 Å². The molecule has 1 atom stereocenters. The fraction of sp³-hybridized carbons (Fsp3) is 0.368. The summed E-state index contributed by atoms with van der Waals surface area (Å²) in [4.78, 5) is 0. The Balaban J connectivity index is 0.00000364. The van der Waals surface area contributed by atoms with Gasteiger partial charge in [-0.3, -0.25) is 4.72 Å². The molecule has 1 unspecified atom stereocenters. The van der Waals surface area contributed by atoms with Crippen LogP contribution in [-0.4, -0.2) is 27.8 Å². The number of halogens is 1. The largest absolute Gasteiger partial charge is 0.496 e. The van der Waals surface area contributed by atoms with Gasteiger partial charge in [0, 0.05) is 12.1 Å². The van der Waals surface area contributed by atoms with Crippen molar-refractivity contribution in [3.8, 4) is 17.2 Å². The first-order valence-electron chi connectivity index (χ1n) is 8.49. The smallest absolute Gasteiger partial charge is 0.229 e. The third-order valence-corrected chi connectivity index (χ3v) is 4.38. The van der Waals surface area contributed by atoms with Gasteiger partial charge in [-0.1, -0.05) is 31.5 Å². The number of hydrogen-bond donors (Lipinski definition) is 2. The summed E-state index contributed by atoms with van der Waals surface area (Å²) in [5.41, 5.74) is 7.37. The van der Waals surface area contributed by atoms with Gasteiger partial charge in [-0.2, -0.15) is 0 Å². The predicted octanol–water partition coefficient (Wildman–Crippen LogP) is 3.95. The summed E-state index contributed by atoms with van der Waals surface area (Å²) in [7, 11) is -1.92. The van der Waals surface area contributed by atoms with Crippen LogP contribution in [0.2, 0.25) is 0 Å². The summed E-state index contributed by atoms with van der Waals surface area (Å²) in [5.74, 6) is 1.59. The van der Waals surface area contributed by atoms with Crippen LogP contribution in [0.25, 0.3) is 0 Å². The number of anilines is 1. The van der Waals surface area contributed by atoms with Gasteiger partial charge >= 0.3 is 0 Å². The minimum Gasteiger partial charge on any atom is -0.496 e. The Morgan fingerprint density at radius 2 is 1.81 bits per heavy atom. The lowest BCUT2D eigenvalue weighted by atomic mass is 10.0.